The number of rotatable bonds is 5. The summed E-state index contributed by atoms with van der Waals surface area (Å²) in [5.74, 6) is -1.21. The summed E-state index contributed by atoms with van der Waals surface area (Å²) in [5.41, 5.74) is -0.880. The second-order valence-electron chi connectivity index (χ2n) is 5.51. The van der Waals surface area contributed by atoms with Crippen LogP contribution in [-0.4, -0.2) is 39.2 Å². The first kappa shape index (κ1) is 14.4. The maximum atomic E-state index is 12.0. The Morgan fingerprint density at radius 3 is 2.90 bits per heavy atom. The minimum absolute atomic E-state index is 0.00363. The van der Waals surface area contributed by atoms with Crippen molar-refractivity contribution < 1.29 is 19.2 Å². The summed E-state index contributed by atoms with van der Waals surface area (Å²) in [6.07, 6.45) is 1.74. The van der Waals surface area contributed by atoms with Crippen LogP contribution in [0.3, 0.4) is 0 Å². The molecule has 1 aliphatic heterocycles. The van der Waals surface area contributed by atoms with E-state index in [1.165, 1.54) is 0 Å². The molecule has 0 aliphatic carbocycles. The Hall–Kier alpha value is -1.96. The first-order valence-corrected chi connectivity index (χ1v) is 6.49. The van der Waals surface area contributed by atoms with Gasteiger partial charge in [-0.3, -0.25) is 9.59 Å². The number of hydrogen-bond donors (Lipinski definition) is 3. The number of amides is 1. The van der Waals surface area contributed by atoms with Gasteiger partial charge in [0, 0.05) is 5.54 Å². The number of carbonyl (C=O) groups is 2. The molecular weight excluding hydrogens is 264 g/mol. The van der Waals surface area contributed by atoms with Gasteiger partial charge < -0.3 is 20.3 Å². The van der Waals surface area contributed by atoms with E-state index in [1.54, 1.807) is 13.8 Å². The van der Waals surface area contributed by atoms with Crippen LogP contribution in [0.4, 0.5) is 0 Å². The Morgan fingerprint density at radius 1 is 1.55 bits per heavy atom. The van der Waals surface area contributed by atoms with Crippen molar-refractivity contribution in [1.29, 1.82) is 0 Å². The molecule has 1 aliphatic rings. The lowest BCUT2D eigenvalue weighted by Gasteiger charge is -2.23. The minimum Gasteiger partial charge on any atom is -0.481 e. The molecule has 0 saturated carbocycles. The topological polar surface area (TPSA) is 117 Å². The molecule has 2 rings (SSSR count). The van der Waals surface area contributed by atoms with E-state index >= 15 is 0 Å². The van der Waals surface area contributed by atoms with Crippen molar-refractivity contribution in [3.05, 3.63) is 11.7 Å². The van der Waals surface area contributed by atoms with E-state index in [-0.39, 0.29) is 18.3 Å². The van der Waals surface area contributed by atoms with E-state index < -0.39 is 17.4 Å². The normalized spacial score (nSPS) is 19.0. The van der Waals surface area contributed by atoms with Gasteiger partial charge in [0.25, 0.3) is 11.7 Å². The second kappa shape index (κ2) is 5.58. The minimum atomic E-state index is -0.987. The van der Waals surface area contributed by atoms with Gasteiger partial charge in [-0.05, 0) is 33.2 Å². The quantitative estimate of drug-likeness (QED) is 0.718. The maximum absolute atomic E-state index is 12.0. The van der Waals surface area contributed by atoms with Crippen LogP contribution in [0.1, 0.15) is 55.7 Å². The predicted molar refractivity (Wildman–Crippen MR) is 68.1 cm³/mol. The van der Waals surface area contributed by atoms with Crippen molar-refractivity contribution in [3.63, 3.8) is 0 Å². The molecule has 8 heteroatoms. The van der Waals surface area contributed by atoms with Gasteiger partial charge in [0.05, 0.1) is 12.5 Å². The number of carboxylic acid groups (broad SMARTS) is 1. The number of hydrogen-bond acceptors (Lipinski definition) is 6. The molecule has 1 atom stereocenters. The smallest absolute Gasteiger partial charge is 0.305 e. The predicted octanol–water partition coefficient (Wildman–Crippen LogP) is 0.477. The number of carboxylic acids is 1. The standard InChI is InChI=1S/C12H18N4O4/c1-12(2,6-8(17)18)15-10(19)9-14-11(20-16-9)7-4-3-5-13-7/h7,13H,3-6H2,1-2H3,(H,15,19)(H,17,18). The Kier molecular flexibility index (Phi) is 4.03. The molecule has 1 amide bonds. The van der Waals surface area contributed by atoms with E-state index in [0.29, 0.717) is 5.89 Å². The van der Waals surface area contributed by atoms with Crippen LogP contribution < -0.4 is 10.6 Å². The molecule has 0 radical (unpaired) electrons. The van der Waals surface area contributed by atoms with Gasteiger partial charge in [0.1, 0.15) is 0 Å². The van der Waals surface area contributed by atoms with Crippen LogP contribution >= 0.6 is 0 Å². The molecule has 2 heterocycles. The fourth-order valence-corrected chi connectivity index (χ4v) is 2.15. The highest BCUT2D eigenvalue weighted by atomic mass is 16.5. The number of aromatic nitrogens is 2. The first-order valence-electron chi connectivity index (χ1n) is 6.49. The lowest BCUT2D eigenvalue weighted by atomic mass is 10.0. The van der Waals surface area contributed by atoms with Crippen molar-refractivity contribution in [3.8, 4) is 0 Å². The fourth-order valence-electron chi connectivity index (χ4n) is 2.15. The third kappa shape index (κ3) is 3.53. The van der Waals surface area contributed by atoms with Crippen molar-refractivity contribution in [2.75, 3.05) is 6.54 Å². The number of carbonyl (C=O) groups excluding carboxylic acids is 1. The molecule has 1 aromatic heterocycles. The van der Waals surface area contributed by atoms with Crippen LogP contribution in [0.25, 0.3) is 0 Å². The van der Waals surface area contributed by atoms with Crippen molar-refractivity contribution in [2.24, 2.45) is 0 Å². The van der Waals surface area contributed by atoms with Gasteiger partial charge in [-0.2, -0.15) is 4.98 Å². The molecule has 1 fully saturated rings. The fraction of sp³-hybridized carbons (Fsp3) is 0.667. The summed E-state index contributed by atoms with van der Waals surface area (Å²) >= 11 is 0. The van der Waals surface area contributed by atoms with Crippen LogP contribution in [0, 0.1) is 0 Å². The highest BCUT2D eigenvalue weighted by Crippen LogP contribution is 2.21. The molecule has 8 nitrogen and oxygen atoms in total. The second-order valence-corrected chi connectivity index (χ2v) is 5.51. The summed E-state index contributed by atoms with van der Waals surface area (Å²) in [5, 5.41) is 18.2. The van der Waals surface area contributed by atoms with Gasteiger partial charge in [0.2, 0.25) is 5.89 Å². The largest absolute Gasteiger partial charge is 0.481 e. The van der Waals surface area contributed by atoms with Crippen LogP contribution in [0.15, 0.2) is 4.52 Å². The van der Waals surface area contributed by atoms with Crippen LogP contribution in [-0.2, 0) is 4.79 Å². The third-order valence-electron chi connectivity index (χ3n) is 3.05. The highest BCUT2D eigenvalue weighted by Gasteiger charge is 2.28. The average Bonchev–Trinajstić information content (AvgIpc) is 2.97. The van der Waals surface area contributed by atoms with E-state index in [2.05, 4.69) is 20.8 Å². The number of aliphatic carboxylic acids is 1. The summed E-state index contributed by atoms with van der Waals surface area (Å²) in [7, 11) is 0. The zero-order chi connectivity index (χ0) is 14.8. The van der Waals surface area contributed by atoms with Crippen molar-refractivity contribution in [2.45, 2.75) is 44.7 Å². The monoisotopic (exact) mass is 282 g/mol. The van der Waals surface area contributed by atoms with Crippen LogP contribution in [0.5, 0.6) is 0 Å². The van der Waals surface area contributed by atoms with E-state index in [0.717, 1.165) is 19.4 Å². The third-order valence-corrected chi connectivity index (χ3v) is 3.05. The number of nitrogens with one attached hydrogen (secondary N) is 2. The summed E-state index contributed by atoms with van der Waals surface area (Å²) in [6, 6.07) is -0.00363. The highest BCUT2D eigenvalue weighted by molar-refractivity contribution is 5.91. The van der Waals surface area contributed by atoms with Gasteiger partial charge in [-0.25, -0.2) is 0 Å². The Morgan fingerprint density at radius 2 is 2.30 bits per heavy atom. The molecule has 0 spiro atoms. The van der Waals surface area contributed by atoms with E-state index in [4.69, 9.17) is 9.63 Å². The Balaban J connectivity index is 2.00. The summed E-state index contributed by atoms with van der Waals surface area (Å²) in [4.78, 5) is 26.7. The molecule has 110 valence electrons. The molecule has 1 aromatic rings. The first-order chi connectivity index (χ1) is 9.37. The van der Waals surface area contributed by atoms with Gasteiger partial charge in [-0.1, -0.05) is 5.16 Å². The molecule has 0 aromatic carbocycles. The Bertz CT molecular complexity index is 505. The van der Waals surface area contributed by atoms with Gasteiger partial charge in [0.15, 0.2) is 0 Å². The average molecular weight is 282 g/mol. The SMILES string of the molecule is CC(C)(CC(=O)O)NC(=O)c1noc(C2CCCN2)n1. The molecule has 1 saturated heterocycles. The molecule has 1 unspecified atom stereocenters. The lowest BCUT2D eigenvalue weighted by molar-refractivity contribution is -0.138. The number of nitrogens with zero attached hydrogens (tertiary/aromatic N) is 2. The van der Waals surface area contributed by atoms with Gasteiger partial charge >= 0.3 is 5.97 Å². The van der Waals surface area contributed by atoms with Crippen molar-refractivity contribution >= 4 is 11.9 Å². The van der Waals surface area contributed by atoms with Crippen molar-refractivity contribution in [1.82, 2.24) is 20.8 Å². The van der Waals surface area contributed by atoms with E-state index in [9.17, 15) is 9.59 Å². The lowest BCUT2D eigenvalue weighted by Crippen LogP contribution is -2.45. The summed E-state index contributed by atoms with van der Waals surface area (Å²) in [6.45, 7) is 4.14. The molecule has 3 N–H and O–H groups in total. The van der Waals surface area contributed by atoms with E-state index in [1.807, 2.05) is 0 Å². The zero-order valence-corrected chi connectivity index (χ0v) is 11.5. The Labute approximate surface area is 115 Å². The summed E-state index contributed by atoms with van der Waals surface area (Å²) < 4.78 is 5.06. The zero-order valence-electron chi connectivity index (χ0n) is 11.5. The molecular formula is C12H18N4O4. The molecule has 20 heavy (non-hydrogen) atoms. The maximum Gasteiger partial charge on any atom is 0.305 e. The van der Waals surface area contributed by atoms with Gasteiger partial charge in [-0.15, -0.1) is 0 Å². The van der Waals surface area contributed by atoms with Crippen LogP contribution in [0.2, 0.25) is 0 Å². The molecule has 0 bridgehead atoms.